The summed E-state index contributed by atoms with van der Waals surface area (Å²) in [4.78, 5) is 73.1. The number of phosphoric ester groups is 2. The number of carbonyl (C=O) groups is 4. The van der Waals surface area contributed by atoms with Crippen LogP contribution in [-0.4, -0.2) is 96.7 Å². The van der Waals surface area contributed by atoms with Crippen LogP contribution in [0.3, 0.4) is 0 Å². The van der Waals surface area contributed by atoms with Gasteiger partial charge in [-0.3, -0.25) is 37.3 Å². The number of esters is 4. The van der Waals surface area contributed by atoms with Gasteiger partial charge in [0, 0.05) is 25.7 Å². The molecule has 0 radical (unpaired) electrons. The molecule has 0 fully saturated rings. The van der Waals surface area contributed by atoms with Gasteiger partial charge in [-0.2, -0.15) is 0 Å². The summed E-state index contributed by atoms with van der Waals surface area (Å²) in [5.41, 5.74) is 0. The summed E-state index contributed by atoms with van der Waals surface area (Å²) in [6.45, 7) is 4.54. The standard InChI is InChI=1S/C89H148O17P2/c1-5-9-13-17-21-25-29-33-37-39-41-43-47-50-54-58-62-66-70-74-87(92)100-80-85(106-89(94)76-72-68-64-60-56-52-48-44-42-40-38-34-30-26-22-18-14-10-6-2)82-104-108(97,98)102-78-83(90)77-101-107(95,96)103-81-84(105-88(93)75-71-67-63-59-55-51-46-36-32-28-24-20-16-12-8-4)79-99-86(91)73-69-65-61-57-53-49-45-35-31-27-23-19-15-11-7-3/h9,13,21-22,25-27,31,33-34,36-38,41-44,46,50,52,54,56,62,64,66,68,83-85,90H,5-8,10-12,14-20,23-24,28-30,32,35,39-40,45,47-49,51,53,55,57-61,63,65,67,69-82H2,1-4H3,(H,95,96)(H,97,98)/b13-9-,25-21-,26-22-,31-27-,37-33-,38-34-,43-41-,44-42-,46-36-,54-50-,56-52-,66-62-,68-64-/t83-,84+,85+/m0/s1. The number of rotatable bonds is 77. The maximum Gasteiger partial charge on any atom is 0.472 e. The Morgan fingerprint density at radius 1 is 0.269 bits per heavy atom. The van der Waals surface area contributed by atoms with Crippen molar-refractivity contribution in [2.24, 2.45) is 0 Å². The Bertz CT molecular complexity index is 2660. The van der Waals surface area contributed by atoms with Crippen LogP contribution in [0.25, 0.3) is 0 Å². The molecule has 5 atom stereocenters. The lowest BCUT2D eigenvalue weighted by Gasteiger charge is -2.21. The Labute approximate surface area is 655 Å². The second kappa shape index (κ2) is 79.8. The molecular weight excluding hydrogens is 1400 g/mol. The third-order valence-electron chi connectivity index (χ3n) is 17.0. The first-order chi connectivity index (χ1) is 52.7. The van der Waals surface area contributed by atoms with Crippen LogP contribution >= 0.6 is 15.6 Å². The van der Waals surface area contributed by atoms with E-state index in [1.165, 1.54) is 96.3 Å². The first-order valence-electron chi connectivity index (χ1n) is 41.7. The fourth-order valence-electron chi connectivity index (χ4n) is 10.6. The predicted octanol–water partition coefficient (Wildman–Crippen LogP) is 24.8. The molecule has 0 saturated heterocycles. The molecule has 0 heterocycles. The van der Waals surface area contributed by atoms with Gasteiger partial charge < -0.3 is 33.8 Å². The van der Waals surface area contributed by atoms with E-state index >= 15 is 0 Å². The first kappa shape index (κ1) is 103. The highest BCUT2D eigenvalue weighted by Gasteiger charge is 2.30. The van der Waals surface area contributed by atoms with Crippen molar-refractivity contribution in [1.29, 1.82) is 0 Å². The molecule has 0 bridgehead atoms. The van der Waals surface area contributed by atoms with E-state index in [2.05, 4.69) is 149 Å². The number of hydrogen-bond donors (Lipinski definition) is 3. The van der Waals surface area contributed by atoms with E-state index in [-0.39, 0.29) is 25.7 Å². The summed E-state index contributed by atoms with van der Waals surface area (Å²) < 4.78 is 68.5. The molecule has 17 nitrogen and oxygen atoms in total. The van der Waals surface area contributed by atoms with E-state index in [4.69, 9.17) is 37.0 Å². The van der Waals surface area contributed by atoms with Crippen molar-refractivity contribution >= 4 is 39.5 Å². The normalized spacial score (nSPS) is 14.6. The Kier molecular flexibility index (Phi) is 75.8. The van der Waals surface area contributed by atoms with Crippen molar-refractivity contribution in [1.82, 2.24) is 0 Å². The van der Waals surface area contributed by atoms with Crippen LogP contribution in [0.1, 0.15) is 323 Å². The molecule has 108 heavy (non-hydrogen) atoms. The van der Waals surface area contributed by atoms with Gasteiger partial charge in [-0.05, 0) is 154 Å². The third kappa shape index (κ3) is 78.8. The summed E-state index contributed by atoms with van der Waals surface area (Å²) in [5, 5.41) is 10.7. The van der Waals surface area contributed by atoms with Gasteiger partial charge in [0.25, 0.3) is 0 Å². The maximum atomic E-state index is 13.1. The molecule has 0 amide bonds. The van der Waals surface area contributed by atoms with Gasteiger partial charge in [0.2, 0.25) is 0 Å². The fraction of sp³-hybridized carbons (Fsp3) is 0.663. The van der Waals surface area contributed by atoms with Crippen molar-refractivity contribution < 1.29 is 80.2 Å². The molecular formula is C89H148O17P2. The van der Waals surface area contributed by atoms with E-state index in [1.807, 2.05) is 36.5 Å². The minimum atomic E-state index is -5.02. The van der Waals surface area contributed by atoms with Crippen LogP contribution in [0, 0.1) is 0 Å². The molecule has 616 valence electrons. The Hall–Kier alpha value is -5.32. The number of aliphatic hydroxyl groups excluding tert-OH is 1. The fourth-order valence-corrected chi connectivity index (χ4v) is 12.2. The molecule has 0 aromatic rings. The minimum Gasteiger partial charge on any atom is -0.462 e. The molecule has 19 heteroatoms. The van der Waals surface area contributed by atoms with Crippen LogP contribution in [0.15, 0.2) is 158 Å². The lowest BCUT2D eigenvalue weighted by atomic mass is 10.1. The van der Waals surface area contributed by atoms with Gasteiger partial charge in [0.15, 0.2) is 12.2 Å². The molecule has 0 aliphatic carbocycles. The Balaban J connectivity index is 5.53. The highest BCUT2D eigenvalue weighted by atomic mass is 31.2. The van der Waals surface area contributed by atoms with Crippen molar-refractivity contribution in [3.05, 3.63) is 158 Å². The molecule has 2 unspecified atom stereocenters. The third-order valence-corrected chi connectivity index (χ3v) is 18.9. The largest absolute Gasteiger partial charge is 0.472 e. The summed E-state index contributed by atoms with van der Waals surface area (Å²) in [7, 11) is -10.0. The zero-order valence-electron chi connectivity index (χ0n) is 67.5. The van der Waals surface area contributed by atoms with Crippen LogP contribution in [0.5, 0.6) is 0 Å². The van der Waals surface area contributed by atoms with Gasteiger partial charge in [0.1, 0.15) is 19.3 Å². The highest BCUT2D eigenvalue weighted by molar-refractivity contribution is 7.47. The van der Waals surface area contributed by atoms with Crippen molar-refractivity contribution in [2.75, 3.05) is 39.6 Å². The zero-order valence-corrected chi connectivity index (χ0v) is 69.3. The average Bonchev–Trinajstić information content (AvgIpc) is 0.896. The highest BCUT2D eigenvalue weighted by Crippen LogP contribution is 2.45. The van der Waals surface area contributed by atoms with E-state index in [9.17, 15) is 43.2 Å². The predicted molar refractivity (Wildman–Crippen MR) is 445 cm³/mol. The lowest BCUT2D eigenvalue weighted by molar-refractivity contribution is -0.161. The number of ether oxygens (including phenoxy) is 4. The van der Waals surface area contributed by atoms with E-state index in [0.717, 1.165) is 135 Å². The van der Waals surface area contributed by atoms with Crippen molar-refractivity contribution in [3.8, 4) is 0 Å². The second-order valence-electron chi connectivity index (χ2n) is 27.3. The Morgan fingerprint density at radius 3 is 0.852 bits per heavy atom. The lowest BCUT2D eigenvalue weighted by Crippen LogP contribution is -2.30. The maximum absolute atomic E-state index is 13.1. The summed E-state index contributed by atoms with van der Waals surface area (Å²) >= 11 is 0. The van der Waals surface area contributed by atoms with Crippen LogP contribution in [-0.2, 0) is 65.4 Å². The Morgan fingerprint density at radius 2 is 0.500 bits per heavy atom. The van der Waals surface area contributed by atoms with Gasteiger partial charge in [-0.1, -0.05) is 301 Å². The molecule has 0 saturated carbocycles. The van der Waals surface area contributed by atoms with Crippen molar-refractivity contribution in [2.45, 2.75) is 341 Å². The number of allylic oxidation sites excluding steroid dienone is 26. The van der Waals surface area contributed by atoms with E-state index < -0.39 is 97.5 Å². The van der Waals surface area contributed by atoms with Crippen molar-refractivity contribution in [3.63, 3.8) is 0 Å². The summed E-state index contributed by atoms with van der Waals surface area (Å²) in [5.74, 6) is -2.39. The quantitative estimate of drug-likeness (QED) is 0.0169. The summed E-state index contributed by atoms with van der Waals surface area (Å²) in [6.07, 6.45) is 93.9. The molecule has 3 N–H and O–H groups in total. The number of carbonyl (C=O) groups excluding carboxylic acids is 4. The first-order valence-corrected chi connectivity index (χ1v) is 44.7. The zero-order chi connectivity index (χ0) is 78.9. The molecule has 0 aromatic heterocycles. The number of aliphatic hydroxyl groups is 1. The van der Waals surface area contributed by atoms with Gasteiger partial charge in [-0.25, -0.2) is 9.13 Å². The molecule has 0 aliphatic heterocycles. The summed E-state index contributed by atoms with van der Waals surface area (Å²) in [6, 6.07) is 0. The van der Waals surface area contributed by atoms with Crippen LogP contribution in [0.2, 0.25) is 0 Å². The average molecular weight is 1550 g/mol. The monoisotopic (exact) mass is 1550 g/mol. The molecule has 0 aromatic carbocycles. The number of hydrogen-bond acceptors (Lipinski definition) is 15. The van der Waals surface area contributed by atoms with E-state index in [1.54, 1.807) is 0 Å². The number of unbranched alkanes of at least 4 members (excludes halogenated alkanes) is 25. The smallest absolute Gasteiger partial charge is 0.462 e. The second-order valence-corrected chi connectivity index (χ2v) is 30.2. The molecule has 0 aliphatic rings. The van der Waals surface area contributed by atoms with Gasteiger partial charge in [-0.15, -0.1) is 0 Å². The minimum absolute atomic E-state index is 0.0155. The SMILES string of the molecule is CC/C=C\C/C=C\C/C=C\C/C=C\C/C=C\C/C=C\CCC(=O)OC[C@H](COP(=O)(O)OC[C@@H](O)COP(=O)(O)OC[C@@H](COC(=O)CCCCCCCCC/C=C\CCCCCC)OC(=O)CCCCCCC/C=C\CCCCCCCC)OC(=O)CC/C=C\C/C=C\C/C=C\C/C=C\C/C=C\CCCCC. The van der Waals surface area contributed by atoms with Crippen LogP contribution in [0.4, 0.5) is 0 Å². The van der Waals surface area contributed by atoms with Gasteiger partial charge in [0.05, 0.1) is 26.4 Å². The van der Waals surface area contributed by atoms with Gasteiger partial charge >= 0.3 is 39.5 Å². The number of phosphoric acid groups is 2. The molecule has 0 rings (SSSR count). The molecule has 0 spiro atoms. The van der Waals surface area contributed by atoms with Crippen LogP contribution < -0.4 is 0 Å². The topological polar surface area (TPSA) is 237 Å². The van der Waals surface area contributed by atoms with E-state index in [0.29, 0.717) is 38.5 Å².